The minimum Gasteiger partial charge on any atom is -0.337 e. The van der Waals surface area contributed by atoms with Crippen LogP contribution in [0.3, 0.4) is 0 Å². The van der Waals surface area contributed by atoms with Crippen molar-refractivity contribution < 1.29 is 4.52 Å². The van der Waals surface area contributed by atoms with Crippen molar-refractivity contribution in [1.82, 2.24) is 19.3 Å². The first-order valence-corrected chi connectivity index (χ1v) is 8.71. The quantitative estimate of drug-likeness (QED) is 0.557. The van der Waals surface area contributed by atoms with Gasteiger partial charge in [0.25, 0.3) is 5.56 Å². The number of nitrogens with zero attached hydrogens (tertiary/aromatic N) is 4. The van der Waals surface area contributed by atoms with Gasteiger partial charge < -0.3 is 4.52 Å². The number of fused-ring (bicyclic) bond motifs is 1. The Hall–Kier alpha value is -3.48. The number of para-hydroxylation sites is 1. The van der Waals surface area contributed by atoms with Crippen molar-refractivity contribution in [2.75, 3.05) is 0 Å². The lowest BCUT2D eigenvalue weighted by Gasteiger charge is -2.11. The number of aryl methyl sites for hydroxylation is 1. The fourth-order valence-corrected chi connectivity index (χ4v) is 3.19. The number of hydrogen-bond donors (Lipinski definition) is 0. The highest BCUT2D eigenvalue weighted by atomic mass is 16.5. The van der Waals surface area contributed by atoms with E-state index in [0.717, 1.165) is 11.1 Å². The molecule has 0 bridgehead atoms. The van der Waals surface area contributed by atoms with Gasteiger partial charge in [-0.2, -0.15) is 4.98 Å². The molecule has 0 aliphatic heterocycles. The van der Waals surface area contributed by atoms with Crippen molar-refractivity contribution in [2.45, 2.75) is 26.9 Å². The number of rotatable bonds is 4. The molecule has 0 saturated heterocycles. The van der Waals surface area contributed by atoms with Gasteiger partial charge in [-0.05, 0) is 31.5 Å². The van der Waals surface area contributed by atoms with Gasteiger partial charge in [0.15, 0.2) is 0 Å². The van der Waals surface area contributed by atoms with Crippen LogP contribution in [0.2, 0.25) is 0 Å². The van der Waals surface area contributed by atoms with Gasteiger partial charge in [-0.25, -0.2) is 4.79 Å². The normalized spacial score (nSPS) is 11.2. The van der Waals surface area contributed by atoms with E-state index in [4.69, 9.17) is 4.52 Å². The second kappa shape index (κ2) is 6.68. The molecule has 136 valence electrons. The van der Waals surface area contributed by atoms with Crippen LogP contribution in [0.1, 0.15) is 18.4 Å². The van der Waals surface area contributed by atoms with Crippen LogP contribution in [0.15, 0.2) is 62.6 Å². The summed E-state index contributed by atoms with van der Waals surface area (Å²) in [6, 6.07) is 14.8. The zero-order valence-electron chi connectivity index (χ0n) is 15.0. The Kier molecular flexibility index (Phi) is 4.19. The summed E-state index contributed by atoms with van der Waals surface area (Å²) in [5.41, 5.74) is 1.78. The third-order valence-corrected chi connectivity index (χ3v) is 4.60. The monoisotopic (exact) mass is 362 g/mol. The van der Waals surface area contributed by atoms with Crippen LogP contribution >= 0.6 is 0 Å². The van der Waals surface area contributed by atoms with E-state index < -0.39 is 5.69 Å². The molecule has 4 rings (SSSR count). The molecule has 4 aromatic rings. The molecule has 27 heavy (non-hydrogen) atoms. The van der Waals surface area contributed by atoms with E-state index in [1.54, 1.807) is 31.2 Å². The van der Waals surface area contributed by atoms with E-state index in [0.29, 0.717) is 29.2 Å². The van der Waals surface area contributed by atoms with E-state index in [9.17, 15) is 9.59 Å². The van der Waals surface area contributed by atoms with Crippen molar-refractivity contribution in [3.63, 3.8) is 0 Å². The molecule has 0 saturated carbocycles. The minimum absolute atomic E-state index is 0.0957. The molecule has 2 aromatic heterocycles. The predicted octanol–water partition coefficient (Wildman–Crippen LogP) is 2.59. The van der Waals surface area contributed by atoms with Gasteiger partial charge in [0.05, 0.1) is 10.9 Å². The molecule has 0 unspecified atom stereocenters. The van der Waals surface area contributed by atoms with Crippen molar-refractivity contribution in [3.05, 3.63) is 80.8 Å². The molecule has 0 spiro atoms. The second-order valence-corrected chi connectivity index (χ2v) is 6.26. The molecule has 0 aliphatic rings. The lowest BCUT2D eigenvalue weighted by molar-refractivity contribution is 0.369. The Morgan fingerprint density at radius 2 is 1.74 bits per heavy atom. The molecule has 2 heterocycles. The predicted molar refractivity (Wildman–Crippen MR) is 102 cm³/mol. The van der Waals surface area contributed by atoms with Crippen LogP contribution in [0.25, 0.3) is 22.3 Å². The lowest BCUT2D eigenvalue weighted by atomic mass is 10.1. The molecule has 2 aromatic carbocycles. The third-order valence-electron chi connectivity index (χ3n) is 4.60. The first-order valence-electron chi connectivity index (χ1n) is 8.71. The molecule has 7 heteroatoms. The number of benzene rings is 2. The fraction of sp³-hybridized carbons (Fsp3) is 0.200. The molecule has 0 atom stereocenters. The van der Waals surface area contributed by atoms with Gasteiger partial charge in [-0.1, -0.05) is 41.6 Å². The maximum Gasteiger partial charge on any atom is 0.331 e. The van der Waals surface area contributed by atoms with E-state index in [2.05, 4.69) is 10.1 Å². The second-order valence-electron chi connectivity index (χ2n) is 6.26. The molecule has 0 amide bonds. The third kappa shape index (κ3) is 2.87. The van der Waals surface area contributed by atoms with Gasteiger partial charge in [-0.3, -0.25) is 13.9 Å². The molecule has 0 aliphatic carbocycles. The molecule has 7 nitrogen and oxygen atoms in total. The van der Waals surface area contributed by atoms with Gasteiger partial charge >= 0.3 is 5.69 Å². The molecular formula is C20H18N4O3. The first kappa shape index (κ1) is 17.0. The highest BCUT2D eigenvalue weighted by molar-refractivity contribution is 5.77. The van der Waals surface area contributed by atoms with Gasteiger partial charge in [-0.15, -0.1) is 0 Å². The van der Waals surface area contributed by atoms with Crippen molar-refractivity contribution in [3.8, 4) is 11.4 Å². The zero-order valence-corrected chi connectivity index (χ0v) is 15.0. The van der Waals surface area contributed by atoms with E-state index in [1.807, 2.05) is 31.2 Å². The van der Waals surface area contributed by atoms with Crippen LogP contribution < -0.4 is 11.2 Å². The maximum atomic E-state index is 12.8. The molecular weight excluding hydrogens is 344 g/mol. The smallest absolute Gasteiger partial charge is 0.331 e. The Balaban J connectivity index is 1.82. The van der Waals surface area contributed by atoms with Gasteiger partial charge in [0.1, 0.15) is 6.54 Å². The van der Waals surface area contributed by atoms with Crippen LogP contribution in [0.5, 0.6) is 0 Å². The van der Waals surface area contributed by atoms with E-state index in [1.165, 1.54) is 9.13 Å². The Labute approximate surface area is 154 Å². The summed E-state index contributed by atoms with van der Waals surface area (Å²) >= 11 is 0. The van der Waals surface area contributed by atoms with Crippen LogP contribution in [-0.4, -0.2) is 19.3 Å². The van der Waals surface area contributed by atoms with E-state index in [-0.39, 0.29) is 12.1 Å². The summed E-state index contributed by atoms with van der Waals surface area (Å²) in [5, 5.41) is 4.53. The highest BCUT2D eigenvalue weighted by Gasteiger charge is 2.16. The maximum absolute atomic E-state index is 12.8. The Morgan fingerprint density at radius 3 is 2.52 bits per heavy atom. The summed E-state index contributed by atoms with van der Waals surface area (Å²) in [7, 11) is 0. The summed E-state index contributed by atoms with van der Waals surface area (Å²) < 4.78 is 8.08. The average molecular weight is 362 g/mol. The van der Waals surface area contributed by atoms with Gasteiger partial charge in [0, 0.05) is 12.1 Å². The average Bonchev–Trinajstić information content (AvgIpc) is 3.14. The summed E-state index contributed by atoms with van der Waals surface area (Å²) in [4.78, 5) is 29.8. The summed E-state index contributed by atoms with van der Waals surface area (Å²) in [6.45, 7) is 4.13. The highest BCUT2D eigenvalue weighted by Crippen LogP contribution is 2.20. The Bertz CT molecular complexity index is 1250. The van der Waals surface area contributed by atoms with Crippen molar-refractivity contribution >= 4 is 10.9 Å². The largest absolute Gasteiger partial charge is 0.337 e. The Morgan fingerprint density at radius 1 is 1.00 bits per heavy atom. The summed E-state index contributed by atoms with van der Waals surface area (Å²) in [5.74, 6) is 0.783. The van der Waals surface area contributed by atoms with E-state index >= 15 is 0 Å². The van der Waals surface area contributed by atoms with Crippen LogP contribution in [-0.2, 0) is 13.1 Å². The zero-order chi connectivity index (χ0) is 19.0. The summed E-state index contributed by atoms with van der Waals surface area (Å²) in [6.07, 6.45) is 0. The topological polar surface area (TPSA) is 82.9 Å². The molecule has 0 fully saturated rings. The van der Waals surface area contributed by atoms with Gasteiger partial charge in [0.2, 0.25) is 11.7 Å². The fourth-order valence-electron chi connectivity index (χ4n) is 3.19. The number of aromatic nitrogens is 4. The van der Waals surface area contributed by atoms with Crippen LogP contribution in [0.4, 0.5) is 0 Å². The SMILES string of the molecule is CCn1c(=O)c2ccccc2n(Cc2nc(-c3ccccc3C)no2)c1=O. The lowest BCUT2D eigenvalue weighted by Crippen LogP contribution is -2.39. The van der Waals surface area contributed by atoms with Crippen LogP contribution in [0, 0.1) is 6.92 Å². The first-order chi connectivity index (χ1) is 13.1. The molecule has 0 radical (unpaired) electrons. The van der Waals surface area contributed by atoms with Crippen molar-refractivity contribution in [1.29, 1.82) is 0 Å². The standard InChI is InChI=1S/C20H18N4O3/c1-3-23-19(25)15-10-6-7-11-16(15)24(20(23)26)12-17-21-18(22-27-17)14-9-5-4-8-13(14)2/h4-11H,3,12H2,1-2H3. The molecule has 0 N–H and O–H groups in total. The minimum atomic E-state index is -0.392. The van der Waals surface area contributed by atoms with Crippen molar-refractivity contribution in [2.24, 2.45) is 0 Å². The number of hydrogen-bond acceptors (Lipinski definition) is 5.